The minimum absolute atomic E-state index is 0.0795. The highest BCUT2D eigenvalue weighted by molar-refractivity contribution is 5.98. The molecule has 4 rings (SSSR count). The molecule has 9 nitrogen and oxygen atoms in total. The standard InChI is InChI=1S/C21H25FN4O5/c1-3-30-24-18-9-25(11-21(18,2)10-23)16-7-15-13(6-14(16)22)19(27)17(31-20(28)29)8-26(15)12-4-5-12/h6-8,12H,3-5,9-11,23H2,1-2H3,(H,28,29)/b24-18+. The zero-order valence-corrected chi connectivity index (χ0v) is 17.4. The van der Waals surface area contributed by atoms with Gasteiger partial charge in [0.15, 0.2) is 5.75 Å². The third-order valence-electron chi connectivity index (χ3n) is 5.88. The quantitative estimate of drug-likeness (QED) is 0.532. The van der Waals surface area contributed by atoms with Gasteiger partial charge in [-0.2, -0.15) is 0 Å². The van der Waals surface area contributed by atoms with Gasteiger partial charge in [-0.05, 0) is 31.9 Å². The Hall–Kier alpha value is -3.14. The van der Waals surface area contributed by atoms with E-state index < -0.39 is 22.8 Å². The first-order valence-corrected chi connectivity index (χ1v) is 10.2. The monoisotopic (exact) mass is 432 g/mol. The normalized spacial score (nSPS) is 22.3. The summed E-state index contributed by atoms with van der Waals surface area (Å²) in [5.74, 6) is -0.918. The second-order valence-electron chi connectivity index (χ2n) is 8.23. The molecule has 1 aliphatic heterocycles. The van der Waals surface area contributed by atoms with Gasteiger partial charge in [-0.15, -0.1) is 0 Å². The van der Waals surface area contributed by atoms with E-state index in [1.807, 2.05) is 18.7 Å². The molecule has 10 heteroatoms. The minimum atomic E-state index is -1.59. The molecule has 2 aliphatic rings. The highest BCUT2D eigenvalue weighted by Gasteiger charge is 2.41. The van der Waals surface area contributed by atoms with Crippen LogP contribution in [0.3, 0.4) is 0 Å². The number of carbonyl (C=O) groups is 1. The highest BCUT2D eigenvalue weighted by atomic mass is 19.1. The van der Waals surface area contributed by atoms with Crippen molar-refractivity contribution in [3.63, 3.8) is 0 Å². The van der Waals surface area contributed by atoms with Gasteiger partial charge in [0.25, 0.3) is 0 Å². The third-order valence-corrected chi connectivity index (χ3v) is 5.88. The molecule has 3 N–H and O–H groups in total. The van der Waals surface area contributed by atoms with Crippen molar-refractivity contribution in [3.8, 4) is 5.75 Å². The third kappa shape index (κ3) is 3.83. The first-order valence-electron chi connectivity index (χ1n) is 10.2. The van der Waals surface area contributed by atoms with Crippen LogP contribution in [-0.4, -0.2) is 47.8 Å². The van der Waals surface area contributed by atoms with Crippen LogP contribution in [0, 0.1) is 11.2 Å². The van der Waals surface area contributed by atoms with Crippen LogP contribution in [0.25, 0.3) is 10.9 Å². The van der Waals surface area contributed by atoms with Crippen molar-refractivity contribution in [2.45, 2.75) is 32.7 Å². The average molecular weight is 432 g/mol. The smallest absolute Gasteiger partial charge is 0.449 e. The van der Waals surface area contributed by atoms with E-state index in [4.69, 9.17) is 15.7 Å². The summed E-state index contributed by atoms with van der Waals surface area (Å²) in [6, 6.07) is 2.90. The predicted molar refractivity (Wildman–Crippen MR) is 114 cm³/mol. The number of oxime groups is 1. The lowest BCUT2D eigenvalue weighted by Gasteiger charge is -2.24. The van der Waals surface area contributed by atoms with Gasteiger partial charge >= 0.3 is 6.16 Å². The number of aromatic nitrogens is 1. The van der Waals surface area contributed by atoms with Crippen molar-refractivity contribution in [3.05, 3.63) is 34.4 Å². The molecule has 1 aliphatic carbocycles. The summed E-state index contributed by atoms with van der Waals surface area (Å²) in [5.41, 5.74) is 6.46. The molecule has 31 heavy (non-hydrogen) atoms. The van der Waals surface area contributed by atoms with Crippen molar-refractivity contribution >= 4 is 28.5 Å². The molecule has 1 aromatic carbocycles. The van der Waals surface area contributed by atoms with E-state index in [1.54, 1.807) is 10.6 Å². The molecule has 2 aromatic rings. The van der Waals surface area contributed by atoms with E-state index in [0.29, 0.717) is 37.4 Å². The van der Waals surface area contributed by atoms with E-state index in [9.17, 15) is 9.59 Å². The topological polar surface area (TPSA) is 119 Å². The van der Waals surface area contributed by atoms with Crippen molar-refractivity contribution in [1.82, 2.24) is 4.57 Å². The van der Waals surface area contributed by atoms with Crippen molar-refractivity contribution in [2.24, 2.45) is 16.3 Å². The Balaban J connectivity index is 1.82. The molecular weight excluding hydrogens is 407 g/mol. The molecule has 0 radical (unpaired) electrons. The predicted octanol–water partition coefficient (Wildman–Crippen LogP) is 2.71. The number of halogens is 1. The van der Waals surface area contributed by atoms with Crippen LogP contribution >= 0.6 is 0 Å². The zero-order valence-electron chi connectivity index (χ0n) is 17.4. The largest absolute Gasteiger partial charge is 0.511 e. The molecule has 2 heterocycles. The van der Waals surface area contributed by atoms with Gasteiger partial charge in [0.05, 0.1) is 35.0 Å². The van der Waals surface area contributed by atoms with Gasteiger partial charge in [-0.1, -0.05) is 12.1 Å². The summed E-state index contributed by atoms with van der Waals surface area (Å²) in [4.78, 5) is 30.8. The second kappa shape index (κ2) is 7.84. The van der Waals surface area contributed by atoms with Gasteiger partial charge in [0.1, 0.15) is 12.4 Å². The number of rotatable bonds is 6. The summed E-state index contributed by atoms with van der Waals surface area (Å²) in [7, 11) is 0. The number of hydrogen-bond acceptors (Lipinski definition) is 7. The van der Waals surface area contributed by atoms with Crippen molar-refractivity contribution < 1.29 is 23.9 Å². The molecule has 0 amide bonds. The SMILES string of the molecule is CCO/N=C1\CN(c2cc3c(cc2F)c(=O)c(OC(=O)O)cn3C2CC2)CC1(C)CN. The summed E-state index contributed by atoms with van der Waals surface area (Å²) in [5, 5.41) is 13.2. The maximum atomic E-state index is 15.2. The Bertz CT molecular complexity index is 1130. The number of pyridine rings is 1. The molecule has 1 unspecified atom stereocenters. The number of carboxylic acid groups (broad SMARTS) is 1. The van der Waals surface area contributed by atoms with Crippen LogP contribution in [0.5, 0.6) is 5.75 Å². The van der Waals surface area contributed by atoms with Crippen LogP contribution in [0.2, 0.25) is 0 Å². The van der Waals surface area contributed by atoms with Crippen LogP contribution in [-0.2, 0) is 4.84 Å². The number of benzene rings is 1. The first-order chi connectivity index (χ1) is 14.8. The van der Waals surface area contributed by atoms with Gasteiger partial charge in [-0.3, -0.25) is 4.79 Å². The minimum Gasteiger partial charge on any atom is -0.449 e. The summed E-state index contributed by atoms with van der Waals surface area (Å²) in [6.45, 7) is 5.34. The van der Waals surface area contributed by atoms with E-state index in [1.165, 1.54) is 6.20 Å². The molecule has 1 saturated carbocycles. The maximum absolute atomic E-state index is 15.2. The lowest BCUT2D eigenvalue weighted by atomic mass is 9.88. The fourth-order valence-corrected chi connectivity index (χ4v) is 3.97. The maximum Gasteiger partial charge on any atom is 0.511 e. The fourth-order valence-electron chi connectivity index (χ4n) is 3.97. The van der Waals surface area contributed by atoms with Crippen LogP contribution in [0.1, 0.15) is 32.7 Å². The zero-order chi connectivity index (χ0) is 22.3. The molecule has 0 bridgehead atoms. The number of ether oxygens (including phenoxy) is 1. The van der Waals surface area contributed by atoms with Gasteiger partial charge in [0.2, 0.25) is 5.43 Å². The Morgan fingerprint density at radius 3 is 2.77 bits per heavy atom. The summed E-state index contributed by atoms with van der Waals surface area (Å²) < 4.78 is 21.6. The lowest BCUT2D eigenvalue weighted by Crippen LogP contribution is -2.36. The highest BCUT2D eigenvalue weighted by Crippen LogP contribution is 2.40. The molecule has 1 atom stereocenters. The fraction of sp³-hybridized carbons (Fsp3) is 0.476. The van der Waals surface area contributed by atoms with Crippen LogP contribution in [0.4, 0.5) is 14.9 Å². The van der Waals surface area contributed by atoms with E-state index in [0.717, 1.165) is 24.6 Å². The van der Waals surface area contributed by atoms with E-state index >= 15 is 4.39 Å². The Morgan fingerprint density at radius 1 is 1.42 bits per heavy atom. The van der Waals surface area contributed by atoms with Gasteiger partial charge in [-0.25, -0.2) is 9.18 Å². The number of anilines is 1. The van der Waals surface area contributed by atoms with Crippen molar-refractivity contribution in [2.75, 3.05) is 31.1 Å². The average Bonchev–Trinajstić information content (AvgIpc) is 3.51. The Kier molecular flexibility index (Phi) is 5.34. The summed E-state index contributed by atoms with van der Waals surface area (Å²) >= 11 is 0. The number of nitrogens with two attached hydrogens (primary N) is 1. The lowest BCUT2D eigenvalue weighted by molar-refractivity contribution is 0.143. The molecule has 1 aromatic heterocycles. The summed E-state index contributed by atoms with van der Waals surface area (Å²) in [6.07, 6.45) is 1.58. The van der Waals surface area contributed by atoms with Gasteiger partial charge < -0.3 is 29.9 Å². The molecule has 1 saturated heterocycles. The number of fused-ring (bicyclic) bond motifs is 1. The van der Waals surface area contributed by atoms with Gasteiger partial charge in [0, 0.05) is 24.5 Å². The number of hydrogen-bond donors (Lipinski definition) is 2. The Labute approximate surface area is 177 Å². The molecular formula is C21H25FN4O5. The van der Waals surface area contributed by atoms with Crippen molar-refractivity contribution in [1.29, 1.82) is 0 Å². The second-order valence-corrected chi connectivity index (χ2v) is 8.23. The molecule has 2 fully saturated rings. The molecule has 0 spiro atoms. The van der Waals surface area contributed by atoms with E-state index in [-0.39, 0.29) is 17.2 Å². The molecule has 166 valence electrons. The van der Waals surface area contributed by atoms with Crippen LogP contribution < -0.4 is 20.8 Å². The number of nitrogens with zero attached hydrogens (tertiary/aromatic N) is 3. The van der Waals surface area contributed by atoms with Crippen LogP contribution in [0.15, 0.2) is 28.3 Å². The Morgan fingerprint density at radius 2 is 2.16 bits per heavy atom. The first kappa shape index (κ1) is 21.1. The van der Waals surface area contributed by atoms with E-state index in [2.05, 4.69) is 9.89 Å².